The van der Waals surface area contributed by atoms with E-state index in [0.29, 0.717) is 18.4 Å². The number of rotatable bonds is 4. The van der Waals surface area contributed by atoms with Crippen LogP contribution >= 0.6 is 22.9 Å². The third-order valence-electron chi connectivity index (χ3n) is 4.36. The predicted molar refractivity (Wildman–Crippen MR) is 97.0 cm³/mol. The quantitative estimate of drug-likeness (QED) is 0.707. The van der Waals surface area contributed by atoms with Crippen molar-refractivity contribution in [1.82, 2.24) is 19.5 Å². The Bertz CT molecular complexity index is 846. The van der Waals surface area contributed by atoms with Gasteiger partial charge in [0.1, 0.15) is 0 Å². The number of halogens is 1. The second kappa shape index (κ2) is 6.70. The van der Waals surface area contributed by atoms with E-state index in [1.165, 1.54) is 30.7 Å². The third kappa shape index (κ3) is 3.27. The van der Waals surface area contributed by atoms with Crippen LogP contribution < -0.4 is 4.74 Å². The van der Waals surface area contributed by atoms with Gasteiger partial charge in [-0.3, -0.25) is 0 Å². The second-order valence-electron chi connectivity index (χ2n) is 6.28. The van der Waals surface area contributed by atoms with E-state index in [9.17, 15) is 0 Å². The fourth-order valence-corrected chi connectivity index (χ4v) is 4.27. The smallest absolute Gasteiger partial charge is 0.232 e. The number of likely N-dealkylation sites (tertiary alicyclic amines) is 1. The third-order valence-corrected chi connectivity index (χ3v) is 5.63. The summed E-state index contributed by atoms with van der Waals surface area (Å²) >= 11 is 7.63. The first-order chi connectivity index (χ1) is 11.7. The summed E-state index contributed by atoms with van der Waals surface area (Å²) < 4.78 is 8.56. The van der Waals surface area contributed by atoms with Crippen LogP contribution in [0.25, 0.3) is 16.1 Å². The zero-order valence-corrected chi connectivity index (χ0v) is 15.1. The molecule has 4 heterocycles. The highest BCUT2D eigenvalue weighted by Crippen LogP contribution is 2.34. The molecule has 0 aromatic carbocycles. The van der Waals surface area contributed by atoms with Gasteiger partial charge in [-0.1, -0.05) is 11.6 Å². The molecule has 0 radical (unpaired) electrons. The molecule has 0 saturated carbocycles. The van der Waals surface area contributed by atoms with E-state index in [0.717, 1.165) is 27.0 Å². The monoisotopic (exact) mass is 362 g/mol. The van der Waals surface area contributed by atoms with Crippen LogP contribution in [0, 0.1) is 5.92 Å². The van der Waals surface area contributed by atoms with Crippen LogP contribution in [0.5, 0.6) is 5.88 Å². The topological polar surface area (TPSA) is 42.7 Å². The van der Waals surface area contributed by atoms with Gasteiger partial charge in [0.25, 0.3) is 0 Å². The van der Waals surface area contributed by atoms with E-state index < -0.39 is 0 Å². The summed E-state index contributed by atoms with van der Waals surface area (Å²) in [5, 5.41) is 4.52. The number of nitrogens with zero attached hydrogens (tertiary/aromatic N) is 4. The van der Waals surface area contributed by atoms with E-state index in [2.05, 4.69) is 22.0 Å². The van der Waals surface area contributed by atoms with Crippen molar-refractivity contribution in [3.8, 4) is 16.3 Å². The molecule has 1 fully saturated rings. The molecule has 0 bridgehead atoms. The van der Waals surface area contributed by atoms with Gasteiger partial charge in [0, 0.05) is 41.4 Å². The molecule has 126 valence electrons. The van der Waals surface area contributed by atoms with E-state index in [1.807, 2.05) is 24.4 Å². The molecule has 7 heteroatoms. The summed E-state index contributed by atoms with van der Waals surface area (Å²) in [6.45, 7) is 2.96. The normalized spacial score (nSPS) is 19.0. The Morgan fingerprint density at radius 3 is 3.12 bits per heavy atom. The molecular weight excluding hydrogens is 344 g/mol. The van der Waals surface area contributed by atoms with Crippen LogP contribution in [0.1, 0.15) is 12.8 Å². The summed E-state index contributed by atoms with van der Waals surface area (Å²) in [5.74, 6) is 1.19. The number of fused-ring (bicyclic) bond motifs is 1. The maximum atomic E-state index is 6.09. The molecule has 0 amide bonds. The summed E-state index contributed by atoms with van der Waals surface area (Å²) in [7, 11) is 2.17. The van der Waals surface area contributed by atoms with E-state index >= 15 is 0 Å². The van der Waals surface area contributed by atoms with Crippen molar-refractivity contribution >= 4 is 28.6 Å². The Balaban J connectivity index is 1.59. The summed E-state index contributed by atoms with van der Waals surface area (Å²) in [6, 6.07) is 5.88. The zero-order valence-electron chi connectivity index (χ0n) is 13.5. The fraction of sp³-hybridized carbons (Fsp3) is 0.412. The SMILES string of the molecule is CN1CCCC(COc2cc(-c3ccc(Cl)s3)c3nccn3n2)C1. The lowest BCUT2D eigenvalue weighted by atomic mass is 10.00. The van der Waals surface area contributed by atoms with E-state index in [-0.39, 0.29) is 0 Å². The number of ether oxygens (including phenoxy) is 1. The lowest BCUT2D eigenvalue weighted by Crippen LogP contribution is -2.34. The zero-order chi connectivity index (χ0) is 16.5. The molecule has 1 aliphatic heterocycles. The summed E-state index contributed by atoms with van der Waals surface area (Å²) in [4.78, 5) is 7.84. The Morgan fingerprint density at radius 1 is 1.42 bits per heavy atom. The van der Waals surface area contributed by atoms with Crippen LogP contribution in [0.15, 0.2) is 30.6 Å². The molecule has 3 aromatic rings. The van der Waals surface area contributed by atoms with Gasteiger partial charge in [-0.15, -0.1) is 16.4 Å². The highest BCUT2D eigenvalue weighted by molar-refractivity contribution is 7.19. The van der Waals surface area contributed by atoms with Crippen molar-refractivity contribution in [2.75, 3.05) is 26.7 Å². The maximum absolute atomic E-state index is 6.09. The molecule has 1 saturated heterocycles. The number of aromatic nitrogens is 3. The molecule has 5 nitrogen and oxygen atoms in total. The average molecular weight is 363 g/mol. The lowest BCUT2D eigenvalue weighted by molar-refractivity contribution is 0.146. The molecule has 3 aromatic heterocycles. The molecule has 0 N–H and O–H groups in total. The number of thiophene rings is 1. The van der Waals surface area contributed by atoms with E-state index in [4.69, 9.17) is 16.3 Å². The van der Waals surface area contributed by atoms with Gasteiger partial charge in [-0.05, 0) is 38.6 Å². The van der Waals surface area contributed by atoms with E-state index in [1.54, 1.807) is 10.7 Å². The van der Waals surface area contributed by atoms with Gasteiger partial charge in [-0.2, -0.15) is 0 Å². The largest absolute Gasteiger partial charge is 0.476 e. The summed E-state index contributed by atoms with van der Waals surface area (Å²) in [5.41, 5.74) is 1.82. The van der Waals surface area contributed by atoms with Crippen LogP contribution in [0.4, 0.5) is 0 Å². The first-order valence-electron chi connectivity index (χ1n) is 8.10. The van der Waals surface area contributed by atoms with Crippen LogP contribution in [-0.4, -0.2) is 46.2 Å². The van der Waals surface area contributed by atoms with Crippen LogP contribution in [0.3, 0.4) is 0 Å². The minimum atomic E-state index is 0.559. The molecule has 1 atom stereocenters. The van der Waals surface area contributed by atoms with Gasteiger partial charge < -0.3 is 9.64 Å². The number of imidazole rings is 1. The number of hydrogen-bond acceptors (Lipinski definition) is 5. The minimum absolute atomic E-state index is 0.559. The Kier molecular flexibility index (Phi) is 4.43. The van der Waals surface area contributed by atoms with Crippen molar-refractivity contribution in [3.05, 3.63) is 34.9 Å². The van der Waals surface area contributed by atoms with Crippen LogP contribution in [0.2, 0.25) is 4.34 Å². The maximum Gasteiger partial charge on any atom is 0.232 e. The Labute approximate surface area is 149 Å². The molecular formula is C17H19ClN4OS. The van der Waals surface area contributed by atoms with Crippen molar-refractivity contribution in [1.29, 1.82) is 0 Å². The van der Waals surface area contributed by atoms with Gasteiger partial charge in [0.05, 0.1) is 10.9 Å². The highest BCUT2D eigenvalue weighted by atomic mass is 35.5. The average Bonchev–Trinajstić information content (AvgIpc) is 3.21. The first kappa shape index (κ1) is 15.9. The van der Waals surface area contributed by atoms with Gasteiger partial charge in [-0.25, -0.2) is 9.50 Å². The van der Waals surface area contributed by atoms with Crippen LogP contribution in [-0.2, 0) is 0 Å². The summed E-state index contributed by atoms with van der Waals surface area (Å²) in [6.07, 6.45) is 6.04. The second-order valence-corrected chi connectivity index (χ2v) is 7.99. The fourth-order valence-electron chi connectivity index (χ4n) is 3.22. The van der Waals surface area contributed by atoms with Gasteiger partial charge >= 0.3 is 0 Å². The minimum Gasteiger partial charge on any atom is -0.476 e. The number of hydrogen-bond donors (Lipinski definition) is 0. The van der Waals surface area contributed by atoms with Gasteiger partial charge in [0.2, 0.25) is 5.88 Å². The standard InChI is InChI=1S/C17H19ClN4OS/c1-21-7-2-3-12(10-21)11-23-16-9-13(14-4-5-15(18)24-14)17-19-6-8-22(17)20-16/h4-6,8-9,12H,2-3,7,10-11H2,1H3. The van der Waals surface area contributed by atoms with Crippen molar-refractivity contribution in [2.24, 2.45) is 5.92 Å². The molecule has 4 rings (SSSR count). The van der Waals surface area contributed by atoms with Crippen molar-refractivity contribution in [3.63, 3.8) is 0 Å². The highest BCUT2D eigenvalue weighted by Gasteiger charge is 2.19. The molecule has 0 aliphatic carbocycles. The van der Waals surface area contributed by atoms with Gasteiger partial charge in [0.15, 0.2) is 5.65 Å². The first-order valence-corrected chi connectivity index (χ1v) is 9.30. The van der Waals surface area contributed by atoms with Crippen molar-refractivity contribution in [2.45, 2.75) is 12.8 Å². The Hall–Kier alpha value is -1.63. The Morgan fingerprint density at radius 2 is 2.33 bits per heavy atom. The molecule has 24 heavy (non-hydrogen) atoms. The molecule has 1 aliphatic rings. The lowest BCUT2D eigenvalue weighted by Gasteiger charge is -2.29. The predicted octanol–water partition coefficient (Wildman–Crippen LogP) is 3.83. The molecule has 0 spiro atoms. The number of piperidine rings is 1. The molecule has 1 unspecified atom stereocenters. The van der Waals surface area contributed by atoms with Crippen molar-refractivity contribution < 1.29 is 4.74 Å².